The van der Waals surface area contributed by atoms with Crippen LogP contribution in [0.2, 0.25) is 0 Å². The van der Waals surface area contributed by atoms with Crippen LogP contribution >= 0.6 is 0 Å². The quantitative estimate of drug-likeness (QED) is 0.754. The van der Waals surface area contributed by atoms with Crippen LogP contribution in [-0.4, -0.2) is 10.1 Å². The number of halogens is 3. The molecule has 1 N–H and O–H groups in total. The van der Waals surface area contributed by atoms with Gasteiger partial charge >= 0.3 is 0 Å². The zero-order chi connectivity index (χ0) is 15.7. The maximum atomic E-state index is 13.5. The van der Waals surface area contributed by atoms with E-state index in [-0.39, 0.29) is 11.3 Å². The molecule has 0 bridgehead atoms. The van der Waals surface area contributed by atoms with Crippen LogP contribution in [0.5, 0.6) is 5.75 Å². The van der Waals surface area contributed by atoms with E-state index in [0.29, 0.717) is 23.3 Å². The summed E-state index contributed by atoms with van der Waals surface area (Å²) in [5.74, 6) is -2.93. The second kappa shape index (κ2) is 5.52. The zero-order valence-corrected chi connectivity index (χ0v) is 11.2. The lowest BCUT2D eigenvalue weighted by molar-refractivity contribution is 0.480. The lowest BCUT2D eigenvalue weighted by Gasteiger charge is -2.02. The Hall–Kier alpha value is -2.82. The highest BCUT2D eigenvalue weighted by molar-refractivity contribution is 5.85. The summed E-state index contributed by atoms with van der Waals surface area (Å²) in [6, 6.07) is 9.59. The van der Waals surface area contributed by atoms with E-state index in [0.717, 1.165) is 5.39 Å². The molecule has 0 unspecified atom stereocenters. The molecule has 22 heavy (non-hydrogen) atoms. The van der Waals surface area contributed by atoms with Gasteiger partial charge in [0.1, 0.15) is 28.7 Å². The summed E-state index contributed by atoms with van der Waals surface area (Å²) >= 11 is 0. The number of aromatic nitrogens is 1. The molecular formula is C17H10F3NO. The average Bonchev–Trinajstić information content (AvgIpc) is 2.47. The van der Waals surface area contributed by atoms with Gasteiger partial charge in [-0.2, -0.15) is 0 Å². The highest BCUT2D eigenvalue weighted by atomic mass is 19.1. The van der Waals surface area contributed by atoms with Crippen LogP contribution in [-0.2, 0) is 0 Å². The van der Waals surface area contributed by atoms with Crippen molar-refractivity contribution in [3.8, 4) is 5.75 Å². The van der Waals surface area contributed by atoms with Crippen molar-refractivity contribution in [1.82, 2.24) is 4.98 Å². The minimum Gasteiger partial charge on any atom is -0.506 e. The largest absolute Gasteiger partial charge is 0.506 e. The van der Waals surface area contributed by atoms with Crippen molar-refractivity contribution in [1.29, 1.82) is 0 Å². The van der Waals surface area contributed by atoms with Gasteiger partial charge in [-0.1, -0.05) is 18.2 Å². The molecule has 3 aromatic rings. The molecular weight excluding hydrogens is 291 g/mol. The molecule has 0 aliphatic carbocycles. The second-order valence-corrected chi connectivity index (χ2v) is 4.70. The molecule has 0 atom stereocenters. The summed E-state index contributed by atoms with van der Waals surface area (Å²) < 4.78 is 39.9. The Balaban J connectivity index is 2.01. The monoisotopic (exact) mass is 301 g/mol. The molecule has 2 aromatic carbocycles. The van der Waals surface area contributed by atoms with Crippen molar-refractivity contribution < 1.29 is 18.3 Å². The second-order valence-electron chi connectivity index (χ2n) is 4.70. The predicted molar refractivity (Wildman–Crippen MR) is 78.7 cm³/mol. The summed E-state index contributed by atoms with van der Waals surface area (Å²) in [6.07, 6.45) is 2.57. The molecule has 0 saturated heterocycles. The number of aromatic hydroxyl groups is 1. The highest BCUT2D eigenvalue weighted by Crippen LogP contribution is 2.23. The predicted octanol–water partition coefficient (Wildman–Crippen LogP) is 4.53. The molecule has 110 valence electrons. The van der Waals surface area contributed by atoms with E-state index >= 15 is 0 Å². The number of benzene rings is 2. The van der Waals surface area contributed by atoms with Crippen molar-refractivity contribution in [2.45, 2.75) is 0 Å². The van der Waals surface area contributed by atoms with Crippen LogP contribution in [0.3, 0.4) is 0 Å². The Morgan fingerprint density at radius 3 is 2.36 bits per heavy atom. The summed E-state index contributed by atoms with van der Waals surface area (Å²) in [5.41, 5.74) is 0.461. The molecule has 3 rings (SSSR count). The SMILES string of the molecule is Oc1cccc2ccc(/C=C/c3c(F)cc(F)cc3F)nc12. The van der Waals surface area contributed by atoms with Gasteiger partial charge in [0.15, 0.2) is 0 Å². The molecule has 0 aliphatic heterocycles. The minimum atomic E-state index is -0.989. The van der Waals surface area contributed by atoms with Gasteiger partial charge in [0.05, 0.1) is 5.69 Å². The van der Waals surface area contributed by atoms with E-state index < -0.39 is 17.5 Å². The number of hydrogen-bond donors (Lipinski definition) is 1. The minimum absolute atomic E-state index is 0.0203. The first kappa shape index (κ1) is 14.1. The maximum Gasteiger partial charge on any atom is 0.141 e. The molecule has 1 aromatic heterocycles. The van der Waals surface area contributed by atoms with Gasteiger partial charge in [0.2, 0.25) is 0 Å². The van der Waals surface area contributed by atoms with Gasteiger partial charge in [-0.25, -0.2) is 18.2 Å². The van der Waals surface area contributed by atoms with Crippen LogP contribution < -0.4 is 0 Å². The third kappa shape index (κ3) is 2.65. The summed E-state index contributed by atoms with van der Waals surface area (Å²) in [5, 5.41) is 10.5. The molecule has 1 heterocycles. The Morgan fingerprint density at radius 2 is 1.64 bits per heavy atom. The van der Waals surface area contributed by atoms with Gasteiger partial charge in [0, 0.05) is 23.1 Å². The van der Waals surface area contributed by atoms with Gasteiger partial charge in [-0.05, 0) is 24.3 Å². The number of hydrogen-bond acceptors (Lipinski definition) is 2. The van der Waals surface area contributed by atoms with Gasteiger partial charge < -0.3 is 5.11 Å². The van der Waals surface area contributed by atoms with Crippen molar-refractivity contribution in [2.24, 2.45) is 0 Å². The van der Waals surface area contributed by atoms with E-state index in [9.17, 15) is 18.3 Å². The third-order valence-electron chi connectivity index (χ3n) is 3.19. The first-order valence-electron chi connectivity index (χ1n) is 6.46. The number of rotatable bonds is 2. The average molecular weight is 301 g/mol. The molecule has 2 nitrogen and oxygen atoms in total. The number of nitrogens with zero attached hydrogens (tertiary/aromatic N) is 1. The standard InChI is InChI=1S/C17H10F3NO/c18-11-8-14(19)13(15(20)9-11)7-6-12-5-4-10-2-1-3-16(22)17(10)21-12/h1-9,22H/b7-6+. The third-order valence-corrected chi connectivity index (χ3v) is 3.19. The van der Waals surface area contributed by atoms with Crippen molar-refractivity contribution >= 4 is 23.1 Å². The number of phenols is 1. The Labute approximate surface area is 124 Å². The van der Waals surface area contributed by atoms with E-state index in [1.807, 2.05) is 0 Å². The number of fused-ring (bicyclic) bond motifs is 1. The van der Waals surface area contributed by atoms with Gasteiger partial charge in [-0.3, -0.25) is 0 Å². The lowest BCUT2D eigenvalue weighted by Crippen LogP contribution is -1.91. The molecule has 0 saturated carbocycles. The first-order valence-corrected chi connectivity index (χ1v) is 6.46. The van der Waals surface area contributed by atoms with E-state index in [1.54, 1.807) is 24.3 Å². The summed E-state index contributed by atoms with van der Waals surface area (Å²) in [4.78, 5) is 4.21. The summed E-state index contributed by atoms with van der Waals surface area (Å²) in [6.45, 7) is 0. The Morgan fingerprint density at radius 1 is 0.909 bits per heavy atom. The summed E-state index contributed by atoms with van der Waals surface area (Å²) in [7, 11) is 0. The van der Waals surface area contributed by atoms with Gasteiger partial charge in [-0.15, -0.1) is 0 Å². The van der Waals surface area contributed by atoms with Crippen LogP contribution in [0.4, 0.5) is 13.2 Å². The lowest BCUT2D eigenvalue weighted by atomic mass is 10.1. The van der Waals surface area contributed by atoms with E-state index in [2.05, 4.69) is 4.98 Å². The van der Waals surface area contributed by atoms with Crippen LogP contribution in [0.25, 0.3) is 23.1 Å². The zero-order valence-electron chi connectivity index (χ0n) is 11.2. The van der Waals surface area contributed by atoms with Crippen LogP contribution in [0.1, 0.15) is 11.3 Å². The Kier molecular flexibility index (Phi) is 3.55. The smallest absolute Gasteiger partial charge is 0.141 e. The van der Waals surface area contributed by atoms with Crippen LogP contribution in [0, 0.1) is 17.5 Å². The fourth-order valence-corrected chi connectivity index (χ4v) is 2.12. The van der Waals surface area contributed by atoms with Crippen molar-refractivity contribution in [3.63, 3.8) is 0 Å². The van der Waals surface area contributed by atoms with Crippen LogP contribution in [0.15, 0.2) is 42.5 Å². The molecule has 0 amide bonds. The Bertz CT molecular complexity index is 867. The van der Waals surface area contributed by atoms with Gasteiger partial charge in [0.25, 0.3) is 0 Å². The van der Waals surface area contributed by atoms with E-state index in [1.165, 1.54) is 18.2 Å². The van der Waals surface area contributed by atoms with Crippen molar-refractivity contribution in [3.05, 3.63) is 71.2 Å². The van der Waals surface area contributed by atoms with E-state index in [4.69, 9.17) is 0 Å². The number of phenolic OH excluding ortho intramolecular Hbond substituents is 1. The first-order chi connectivity index (χ1) is 10.5. The topological polar surface area (TPSA) is 33.1 Å². The fourth-order valence-electron chi connectivity index (χ4n) is 2.12. The normalized spacial score (nSPS) is 11.4. The molecule has 0 aliphatic rings. The maximum absolute atomic E-state index is 13.5. The molecule has 0 spiro atoms. The number of pyridine rings is 1. The highest BCUT2D eigenvalue weighted by Gasteiger charge is 2.08. The molecule has 0 fully saturated rings. The molecule has 0 radical (unpaired) electrons. The fraction of sp³-hybridized carbons (Fsp3) is 0. The molecule has 5 heteroatoms. The van der Waals surface area contributed by atoms with Crippen molar-refractivity contribution in [2.75, 3.05) is 0 Å². The number of para-hydroxylation sites is 1.